The molecule has 2 atom stereocenters. The zero-order valence-electron chi connectivity index (χ0n) is 19.9. The molecule has 0 bridgehead atoms. The summed E-state index contributed by atoms with van der Waals surface area (Å²) >= 11 is 0. The highest BCUT2D eigenvalue weighted by Gasteiger charge is 2.09. The smallest absolute Gasteiger partial charge is 0.00489 e. The average Bonchev–Trinajstić information content (AvgIpc) is 2.72. The van der Waals surface area contributed by atoms with Crippen LogP contribution in [0.4, 0.5) is 0 Å². The number of hydrogen-bond acceptors (Lipinski definition) is 2. The van der Waals surface area contributed by atoms with E-state index in [4.69, 9.17) is 11.5 Å². The second kappa shape index (κ2) is 23.2. The zero-order valence-corrected chi connectivity index (χ0v) is 19.9. The molecule has 0 saturated heterocycles. The van der Waals surface area contributed by atoms with Gasteiger partial charge >= 0.3 is 0 Å². The Hall–Kier alpha value is -0.0800. The maximum atomic E-state index is 6.03. The van der Waals surface area contributed by atoms with Gasteiger partial charge in [-0.1, -0.05) is 117 Å². The van der Waals surface area contributed by atoms with Crippen molar-refractivity contribution in [1.29, 1.82) is 0 Å². The Morgan fingerprint density at radius 1 is 0.393 bits per heavy atom. The summed E-state index contributed by atoms with van der Waals surface area (Å²) in [6.45, 7) is 6.34. The molecule has 2 heteroatoms. The second-order valence-electron chi connectivity index (χ2n) is 9.31. The molecule has 2 unspecified atom stereocenters. The highest BCUT2D eigenvalue weighted by atomic mass is 14.5. The van der Waals surface area contributed by atoms with Crippen LogP contribution in [-0.2, 0) is 0 Å². The van der Waals surface area contributed by atoms with Crippen LogP contribution in [0.1, 0.15) is 142 Å². The first-order valence-electron chi connectivity index (χ1n) is 13.2. The highest BCUT2D eigenvalue weighted by molar-refractivity contribution is 4.64. The van der Waals surface area contributed by atoms with E-state index < -0.39 is 0 Å². The Labute approximate surface area is 179 Å². The average molecular weight is 397 g/mol. The van der Waals surface area contributed by atoms with Gasteiger partial charge in [0.25, 0.3) is 0 Å². The van der Waals surface area contributed by atoms with Gasteiger partial charge in [0, 0.05) is 0 Å². The van der Waals surface area contributed by atoms with Crippen LogP contribution in [0.25, 0.3) is 0 Å². The molecule has 0 heterocycles. The van der Waals surface area contributed by atoms with Gasteiger partial charge in [-0.2, -0.15) is 0 Å². The third-order valence-electron chi connectivity index (χ3n) is 6.57. The van der Waals surface area contributed by atoms with Gasteiger partial charge in [0.2, 0.25) is 0 Å². The van der Waals surface area contributed by atoms with Crippen molar-refractivity contribution in [3.05, 3.63) is 0 Å². The molecule has 0 radical (unpaired) electrons. The summed E-state index contributed by atoms with van der Waals surface area (Å²) in [6, 6.07) is 0. The lowest BCUT2D eigenvalue weighted by Gasteiger charge is -2.17. The van der Waals surface area contributed by atoms with Crippen LogP contribution in [0.5, 0.6) is 0 Å². The van der Waals surface area contributed by atoms with Crippen molar-refractivity contribution in [2.45, 2.75) is 142 Å². The fourth-order valence-electron chi connectivity index (χ4n) is 4.41. The van der Waals surface area contributed by atoms with Crippen LogP contribution in [0, 0.1) is 11.8 Å². The van der Waals surface area contributed by atoms with Gasteiger partial charge in [0.15, 0.2) is 0 Å². The first-order valence-corrected chi connectivity index (χ1v) is 13.2. The summed E-state index contributed by atoms with van der Waals surface area (Å²) in [6.07, 6.45) is 27.8. The van der Waals surface area contributed by atoms with Gasteiger partial charge in [-0.15, -0.1) is 0 Å². The molecule has 0 aliphatic heterocycles. The molecule has 0 aliphatic carbocycles. The quantitative estimate of drug-likeness (QED) is 0.172. The van der Waals surface area contributed by atoms with Crippen molar-refractivity contribution in [2.24, 2.45) is 23.3 Å². The summed E-state index contributed by atoms with van der Waals surface area (Å²) < 4.78 is 0. The summed E-state index contributed by atoms with van der Waals surface area (Å²) in [7, 11) is 0. The van der Waals surface area contributed by atoms with Gasteiger partial charge in [-0.3, -0.25) is 0 Å². The lowest BCUT2D eigenvalue weighted by molar-refractivity contribution is 0.379. The van der Waals surface area contributed by atoms with Crippen LogP contribution in [0.15, 0.2) is 0 Å². The van der Waals surface area contributed by atoms with E-state index in [9.17, 15) is 0 Å². The van der Waals surface area contributed by atoms with E-state index in [1.165, 1.54) is 128 Å². The monoisotopic (exact) mass is 396 g/mol. The lowest BCUT2D eigenvalue weighted by atomic mass is 9.91. The van der Waals surface area contributed by atoms with Gasteiger partial charge in [-0.25, -0.2) is 0 Å². The normalized spacial score (nSPS) is 13.7. The highest BCUT2D eigenvalue weighted by Crippen LogP contribution is 2.21. The number of nitrogens with two attached hydrogens (primary N) is 2. The van der Waals surface area contributed by atoms with Crippen molar-refractivity contribution >= 4 is 0 Å². The minimum Gasteiger partial charge on any atom is -0.330 e. The molecule has 0 amide bonds. The molecule has 170 valence electrons. The molecular formula is C26H56N2. The molecule has 0 fully saturated rings. The number of hydrogen-bond donors (Lipinski definition) is 2. The van der Waals surface area contributed by atoms with E-state index >= 15 is 0 Å². The molecule has 0 spiro atoms. The Morgan fingerprint density at radius 2 is 0.643 bits per heavy atom. The molecule has 0 saturated carbocycles. The second-order valence-corrected chi connectivity index (χ2v) is 9.31. The maximum Gasteiger partial charge on any atom is -0.00489 e. The third-order valence-corrected chi connectivity index (χ3v) is 6.57. The summed E-state index contributed by atoms with van der Waals surface area (Å²) in [5.41, 5.74) is 12.1. The molecule has 0 aromatic carbocycles. The Morgan fingerprint density at radius 3 is 0.929 bits per heavy atom. The van der Waals surface area contributed by atoms with Crippen molar-refractivity contribution in [3.63, 3.8) is 0 Å². The molecule has 28 heavy (non-hydrogen) atoms. The predicted molar refractivity (Wildman–Crippen MR) is 129 cm³/mol. The van der Waals surface area contributed by atoms with Crippen LogP contribution in [-0.4, -0.2) is 13.1 Å². The van der Waals surface area contributed by atoms with Crippen LogP contribution in [0.3, 0.4) is 0 Å². The third kappa shape index (κ3) is 19.2. The largest absolute Gasteiger partial charge is 0.330 e. The maximum absolute atomic E-state index is 6.03. The Kier molecular flexibility index (Phi) is 23.1. The molecule has 4 N–H and O–H groups in total. The number of unbranched alkanes of at least 4 members (excludes halogenated alkanes) is 13. The van der Waals surface area contributed by atoms with Gasteiger partial charge < -0.3 is 11.5 Å². The van der Waals surface area contributed by atoms with Crippen molar-refractivity contribution < 1.29 is 0 Å². The fraction of sp³-hybridized carbons (Fsp3) is 1.00. The van der Waals surface area contributed by atoms with E-state index in [1.54, 1.807) is 0 Å². The summed E-state index contributed by atoms with van der Waals surface area (Å²) in [5, 5.41) is 0. The van der Waals surface area contributed by atoms with Crippen LogP contribution < -0.4 is 11.5 Å². The van der Waals surface area contributed by atoms with Crippen molar-refractivity contribution in [1.82, 2.24) is 0 Å². The minimum absolute atomic E-state index is 0.759. The predicted octanol–water partition coefficient (Wildman–Crippen LogP) is 7.98. The van der Waals surface area contributed by atoms with E-state index in [2.05, 4.69) is 13.8 Å². The van der Waals surface area contributed by atoms with E-state index in [1.807, 2.05) is 0 Å². The van der Waals surface area contributed by atoms with Gasteiger partial charge in [0.05, 0.1) is 0 Å². The first kappa shape index (κ1) is 27.9. The summed E-state index contributed by atoms with van der Waals surface area (Å²) in [5.74, 6) is 1.52. The van der Waals surface area contributed by atoms with Gasteiger partial charge in [0.1, 0.15) is 0 Å². The molecule has 0 rings (SSSR count). The van der Waals surface area contributed by atoms with Crippen molar-refractivity contribution in [2.75, 3.05) is 13.1 Å². The van der Waals surface area contributed by atoms with E-state index in [0.29, 0.717) is 0 Å². The minimum atomic E-state index is 0.759. The summed E-state index contributed by atoms with van der Waals surface area (Å²) in [4.78, 5) is 0. The Bertz CT molecular complexity index is 252. The zero-order chi connectivity index (χ0) is 20.7. The van der Waals surface area contributed by atoms with Crippen molar-refractivity contribution in [3.8, 4) is 0 Å². The molecule has 0 aliphatic rings. The van der Waals surface area contributed by atoms with Crippen LogP contribution in [0.2, 0.25) is 0 Å². The lowest BCUT2D eigenvalue weighted by Crippen LogP contribution is -2.16. The standard InChI is InChI=1S/C26H56N2/c1-3-5-7-9-11-13-15-19-25(23-27)21-17-18-22-26(24-28)20-16-14-12-10-8-6-4-2/h25-26H,3-24,27-28H2,1-2H3. The van der Waals surface area contributed by atoms with E-state index in [-0.39, 0.29) is 0 Å². The SMILES string of the molecule is CCCCCCCCCC(CN)CCCCC(CN)CCCCCCCCC. The van der Waals surface area contributed by atoms with Gasteiger partial charge in [-0.05, 0) is 50.6 Å². The topological polar surface area (TPSA) is 52.0 Å². The van der Waals surface area contributed by atoms with E-state index in [0.717, 1.165) is 24.9 Å². The molecule has 0 aromatic rings. The van der Waals surface area contributed by atoms with Crippen LogP contribution >= 0.6 is 0 Å². The molecule has 0 aromatic heterocycles. The number of rotatable bonds is 23. The first-order chi connectivity index (χ1) is 13.8. The molecular weight excluding hydrogens is 340 g/mol. The molecule has 2 nitrogen and oxygen atoms in total. The fourth-order valence-corrected chi connectivity index (χ4v) is 4.41. The Balaban J connectivity index is 3.57.